The van der Waals surface area contributed by atoms with Crippen LogP contribution >= 0.6 is 34.2 Å². The fraction of sp³-hybridized carbons (Fsp3) is 0.333. The Morgan fingerprint density at radius 3 is 3.11 bits per heavy atom. The van der Waals surface area contributed by atoms with Gasteiger partial charge < -0.3 is 9.64 Å². The summed E-state index contributed by atoms with van der Waals surface area (Å²) in [7, 11) is 0. The first-order chi connectivity index (χ1) is 8.60. The highest BCUT2D eigenvalue weighted by molar-refractivity contribution is 14.1. The molecule has 96 valence electrons. The SMILES string of the molecule is CCOC(=O)CN1Cc2cc(I)ccc2N=C1Cl. The molecule has 0 radical (unpaired) electrons. The van der Waals surface area contributed by atoms with E-state index in [4.69, 9.17) is 16.3 Å². The summed E-state index contributed by atoms with van der Waals surface area (Å²) in [5.74, 6) is -0.292. The fourth-order valence-corrected chi connectivity index (χ4v) is 2.48. The van der Waals surface area contributed by atoms with Crippen LogP contribution in [-0.4, -0.2) is 29.3 Å². The molecule has 0 N–H and O–H groups in total. The summed E-state index contributed by atoms with van der Waals surface area (Å²) in [6, 6.07) is 5.95. The molecule has 0 aromatic heterocycles. The molecule has 6 heteroatoms. The van der Waals surface area contributed by atoms with E-state index in [2.05, 4.69) is 27.6 Å². The van der Waals surface area contributed by atoms with Gasteiger partial charge in [0.25, 0.3) is 0 Å². The van der Waals surface area contributed by atoms with Gasteiger partial charge in [0, 0.05) is 10.1 Å². The fourth-order valence-electron chi connectivity index (χ4n) is 1.71. The number of hydrogen-bond acceptors (Lipinski definition) is 4. The third kappa shape index (κ3) is 3.14. The number of hydrogen-bond donors (Lipinski definition) is 0. The topological polar surface area (TPSA) is 41.9 Å². The Labute approximate surface area is 124 Å². The van der Waals surface area contributed by atoms with Crippen molar-refractivity contribution in [2.45, 2.75) is 13.5 Å². The van der Waals surface area contributed by atoms with E-state index in [-0.39, 0.29) is 12.5 Å². The van der Waals surface area contributed by atoms with Crippen LogP contribution in [-0.2, 0) is 16.1 Å². The third-order valence-corrected chi connectivity index (χ3v) is 3.50. The molecule has 0 spiro atoms. The Morgan fingerprint density at radius 1 is 1.61 bits per heavy atom. The first-order valence-corrected chi connectivity index (χ1v) is 6.99. The highest BCUT2D eigenvalue weighted by Gasteiger charge is 2.21. The van der Waals surface area contributed by atoms with Crippen molar-refractivity contribution in [1.29, 1.82) is 0 Å². The van der Waals surface area contributed by atoms with Crippen molar-refractivity contribution in [2.75, 3.05) is 13.2 Å². The normalized spacial score (nSPS) is 13.9. The van der Waals surface area contributed by atoms with Gasteiger partial charge in [-0.3, -0.25) is 4.79 Å². The molecule has 1 heterocycles. The van der Waals surface area contributed by atoms with E-state index in [0.717, 1.165) is 14.8 Å². The van der Waals surface area contributed by atoms with Crippen molar-refractivity contribution >= 4 is 51.1 Å². The summed E-state index contributed by atoms with van der Waals surface area (Å²) in [6.07, 6.45) is 0. The summed E-state index contributed by atoms with van der Waals surface area (Å²) in [6.45, 7) is 2.85. The van der Waals surface area contributed by atoms with E-state index < -0.39 is 0 Å². The molecule has 0 aliphatic carbocycles. The van der Waals surface area contributed by atoms with Crippen molar-refractivity contribution < 1.29 is 9.53 Å². The summed E-state index contributed by atoms with van der Waals surface area (Å²) < 4.78 is 6.04. The minimum absolute atomic E-state index is 0.126. The lowest BCUT2D eigenvalue weighted by atomic mass is 10.1. The Kier molecular flexibility index (Phi) is 4.45. The van der Waals surface area contributed by atoms with Gasteiger partial charge in [0.2, 0.25) is 0 Å². The number of esters is 1. The van der Waals surface area contributed by atoms with Crippen LogP contribution in [0.3, 0.4) is 0 Å². The molecule has 0 saturated heterocycles. The predicted molar refractivity (Wildman–Crippen MR) is 79.2 cm³/mol. The van der Waals surface area contributed by atoms with Crippen molar-refractivity contribution in [3.8, 4) is 0 Å². The van der Waals surface area contributed by atoms with E-state index in [1.165, 1.54) is 0 Å². The molecule has 1 aliphatic heterocycles. The van der Waals surface area contributed by atoms with Crippen molar-refractivity contribution in [2.24, 2.45) is 4.99 Å². The molecular weight excluding hydrogens is 367 g/mol. The zero-order chi connectivity index (χ0) is 13.1. The third-order valence-electron chi connectivity index (χ3n) is 2.50. The molecular formula is C12H12ClIN2O2. The van der Waals surface area contributed by atoms with Gasteiger partial charge in [-0.05, 0) is 64.9 Å². The summed E-state index contributed by atoms with van der Waals surface area (Å²) in [5, 5.41) is 0.330. The maximum absolute atomic E-state index is 11.5. The quantitative estimate of drug-likeness (QED) is 0.461. The maximum Gasteiger partial charge on any atom is 0.325 e. The van der Waals surface area contributed by atoms with E-state index in [0.29, 0.717) is 18.4 Å². The van der Waals surface area contributed by atoms with Gasteiger partial charge in [0.15, 0.2) is 5.29 Å². The number of ether oxygens (including phenoxy) is 1. The molecule has 0 unspecified atom stereocenters. The molecule has 0 fully saturated rings. The summed E-state index contributed by atoms with van der Waals surface area (Å²) in [5.41, 5.74) is 1.93. The summed E-state index contributed by atoms with van der Waals surface area (Å²) in [4.78, 5) is 17.4. The number of fused-ring (bicyclic) bond motifs is 1. The second-order valence-electron chi connectivity index (χ2n) is 3.81. The number of aliphatic imine (C=N–C) groups is 1. The first kappa shape index (κ1) is 13.6. The largest absolute Gasteiger partial charge is 0.465 e. The Hall–Kier alpha value is -0.820. The molecule has 18 heavy (non-hydrogen) atoms. The van der Waals surface area contributed by atoms with Gasteiger partial charge in [-0.1, -0.05) is 0 Å². The average Bonchev–Trinajstić information content (AvgIpc) is 2.31. The van der Waals surface area contributed by atoms with Crippen LogP contribution in [0.25, 0.3) is 0 Å². The Balaban J connectivity index is 2.16. The van der Waals surface area contributed by atoms with Gasteiger partial charge in [0.05, 0.1) is 12.3 Å². The highest BCUT2D eigenvalue weighted by atomic mass is 127. The number of halogens is 2. The molecule has 0 bridgehead atoms. The van der Waals surface area contributed by atoms with Gasteiger partial charge in [-0.25, -0.2) is 4.99 Å². The number of rotatable bonds is 3. The van der Waals surface area contributed by atoms with Crippen LogP contribution in [0.1, 0.15) is 12.5 Å². The van der Waals surface area contributed by atoms with E-state index >= 15 is 0 Å². The lowest BCUT2D eigenvalue weighted by Gasteiger charge is -2.26. The molecule has 1 aromatic rings. The Morgan fingerprint density at radius 2 is 2.39 bits per heavy atom. The van der Waals surface area contributed by atoms with Crippen LogP contribution in [0.15, 0.2) is 23.2 Å². The zero-order valence-corrected chi connectivity index (χ0v) is 12.7. The van der Waals surface area contributed by atoms with E-state index in [9.17, 15) is 4.79 Å². The van der Waals surface area contributed by atoms with Crippen LogP contribution < -0.4 is 0 Å². The zero-order valence-electron chi connectivity index (χ0n) is 9.82. The van der Waals surface area contributed by atoms with E-state index in [1.54, 1.807) is 11.8 Å². The number of amidine groups is 1. The molecule has 0 atom stereocenters. The first-order valence-electron chi connectivity index (χ1n) is 5.53. The van der Waals surface area contributed by atoms with Gasteiger partial charge in [0.1, 0.15) is 6.54 Å². The molecule has 2 rings (SSSR count). The number of benzene rings is 1. The van der Waals surface area contributed by atoms with Crippen LogP contribution in [0, 0.1) is 3.57 Å². The minimum Gasteiger partial charge on any atom is -0.465 e. The number of nitrogens with zero attached hydrogens (tertiary/aromatic N) is 2. The van der Waals surface area contributed by atoms with Crippen molar-refractivity contribution in [3.63, 3.8) is 0 Å². The Bertz CT molecular complexity index is 505. The molecule has 1 aromatic carbocycles. The molecule has 1 aliphatic rings. The lowest BCUT2D eigenvalue weighted by Crippen LogP contribution is -2.35. The number of carbonyl (C=O) groups is 1. The highest BCUT2D eigenvalue weighted by Crippen LogP contribution is 2.28. The number of carbonyl (C=O) groups excluding carboxylic acids is 1. The van der Waals surface area contributed by atoms with E-state index in [1.807, 2.05) is 18.2 Å². The maximum atomic E-state index is 11.5. The van der Waals surface area contributed by atoms with Crippen molar-refractivity contribution in [1.82, 2.24) is 4.90 Å². The summed E-state index contributed by atoms with van der Waals surface area (Å²) >= 11 is 8.31. The smallest absolute Gasteiger partial charge is 0.325 e. The molecule has 0 amide bonds. The minimum atomic E-state index is -0.292. The average molecular weight is 379 g/mol. The standard InChI is InChI=1S/C12H12ClIN2O2/c1-2-18-11(17)7-16-6-8-5-9(14)3-4-10(8)15-12(16)13/h3-5H,2,6-7H2,1H3. The lowest BCUT2D eigenvalue weighted by molar-refractivity contribution is -0.143. The van der Waals surface area contributed by atoms with Crippen LogP contribution in [0.5, 0.6) is 0 Å². The second-order valence-corrected chi connectivity index (χ2v) is 5.40. The van der Waals surface area contributed by atoms with Crippen LogP contribution in [0.4, 0.5) is 5.69 Å². The van der Waals surface area contributed by atoms with Gasteiger partial charge >= 0.3 is 5.97 Å². The predicted octanol–water partition coefficient (Wildman–Crippen LogP) is 2.90. The second kappa shape index (κ2) is 5.88. The van der Waals surface area contributed by atoms with Gasteiger partial charge in [-0.2, -0.15) is 0 Å². The van der Waals surface area contributed by atoms with Crippen molar-refractivity contribution in [3.05, 3.63) is 27.3 Å². The van der Waals surface area contributed by atoms with Crippen LogP contribution in [0.2, 0.25) is 0 Å². The van der Waals surface area contributed by atoms with Gasteiger partial charge in [-0.15, -0.1) is 0 Å². The molecule has 4 nitrogen and oxygen atoms in total. The monoisotopic (exact) mass is 378 g/mol. The molecule has 0 saturated carbocycles.